The van der Waals surface area contributed by atoms with Crippen LogP contribution < -0.4 is 18.9 Å². The van der Waals surface area contributed by atoms with Gasteiger partial charge in [0.25, 0.3) is 23.6 Å². The van der Waals surface area contributed by atoms with Crippen LogP contribution in [0.4, 0.5) is 0 Å². The van der Waals surface area contributed by atoms with Crippen molar-refractivity contribution in [1.82, 2.24) is 19.6 Å². The number of likely N-dealkylation sites (N-methyl/N-ethyl adjacent to an activating group) is 2. The van der Waals surface area contributed by atoms with Crippen molar-refractivity contribution >= 4 is 102 Å². The molecule has 0 bridgehead atoms. The number of amides is 6. The molecule has 656 valence electrons. The number of carbonyl (C=O) groups excluding carboxylic acids is 10. The van der Waals surface area contributed by atoms with Gasteiger partial charge in [-0.15, -0.1) is 0 Å². The van der Waals surface area contributed by atoms with E-state index in [0.717, 1.165) is 43.2 Å². The third-order valence-electron chi connectivity index (χ3n) is 23.0. The normalized spacial score (nSPS) is 12.6. The van der Waals surface area contributed by atoms with E-state index in [1.807, 2.05) is 135 Å². The molecule has 0 saturated heterocycles. The largest absolute Gasteiger partial charge is 0.462 e. The van der Waals surface area contributed by atoms with Gasteiger partial charge in [0, 0.05) is 130 Å². The molecule has 2 aliphatic heterocycles. The zero-order chi connectivity index (χ0) is 91.6. The summed E-state index contributed by atoms with van der Waals surface area (Å²) in [5, 5.41) is 0.999. The molecule has 0 N–H and O–H groups in total. The molecule has 2 aliphatic rings. The Morgan fingerprint density at radius 1 is 0.292 bits per heavy atom. The van der Waals surface area contributed by atoms with E-state index >= 15 is 28.8 Å². The van der Waals surface area contributed by atoms with Crippen molar-refractivity contribution in [1.29, 1.82) is 0 Å². The number of benzene rings is 13. The van der Waals surface area contributed by atoms with Crippen LogP contribution >= 0.6 is 0 Å². The maximum Gasteiger partial charge on any atom is 0.333 e. The minimum atomic E-state index is -1.50. The van der Waals surface area contributed by atoms with Gasteiger partial charge < -0.3 is 47.7 Å². The van der Waals surface area contributed by atoms with Crippen molar-refractivity contribution in [2.75, 3.05) is 39.5 Å². The van der Waals surface area contributed by atoms with Gasteiger partial charge in [-0.3, -0.25) is 38.6 Å². The van der Waals surface area contributed by atoms with Gasteiger partial charge in [0.05, 0.1) is 48.7 Å². The first kappa shape index (κ1) is 89.3. The Morgan fingerprint density at radius 2 is 0.515 bits per heavy atom. The van der Waals surface area contributed by atoms with Crippen LogP contribution in [0.15, 0.2) is 291 Å². The summed E-state index contributed by atoms with van der Waals surface area (Å²) in [4.78, 5) is 156. The third kappa shape index (κ3) is 19.4. The lowest BCUT2D eigenvalue weighted by Crippen LogP contribution is -2.55. The molecular weight excluding hydrogens is 1640 g/mol. The van der Waals surface area contributed by atoms with E-state index < -0.39 is 71.4 Å². The maximum absolute atomic E-state index is 17.1. The summed E-state index contributed by atoms with van der Waals surface area (Å²) in [6.45, 7) is 25.4. The minimum absolute atomic E-state index is 0.0118. The highest BCUT2D eigenvalue weighted by molar-refractivity contribution is 6.45. The van der Waals surface area contributed by atoms with Gasteiger partial charge in [-0.25, -0.2) is 19.2 Å². The average Bonchev–Trinajstić information content (AvgIpc) is 0.668. The van der Waals surface area contributed by atoms with E-state index in [2.05, 4.69) is 26.3 Å². The molecule has 0 saturated carbocycles. The second-order valence-corrected chi connectivity index (χ2v) is 32.4. The molecule has 22 heteroatoms. The van der Waals surface area contributed by atoms with Gasteiger partial charge in [0.2, 0.25) is 11.8 Å². The number of ether oxygens (including phenoxy) is 8. The highest BCUT2D eigenvalue weighted by atomic mass is 16.5. The molecule has 0 fully saturated rings. The zero-order valence-electron chi connectivity index (χ0n) is 73.1. The molecule has 15 rings (SSSR count). The number of nitrogens with zero attached hydrogens (tertiary/aromatic N) is 4. The number of fused-ring (bicyclic) bond motifs is 2. The van der Waals surface area contributed by atoms with Crippen molar-refractivity contribution in [2.45, 2.75) is 105 Å². The lowest BCUT2D eigenvalue weighted by molar-refractivity contribution is -0.139. The van der Waals surface area contributed by atoms with Crippen molar-refractivity contribution in [3.63, 3.8) is 0 Å². The molecule has 0 aromatic heterocycles. The van der Waals surface area contributed by atoms with Crippen LogP contribution in [0.3, 0.4) is 0 Å². The van der Waals surface area contributed by atoms with Crippen molar-refractivity contribution in [3.8, 4) is 46.0 Å². The standard InChI is InChI=1S/C108H96N4O18/c1-11-109(63-75-29-21-15-22-30-75)103(117)85(57-73-25-17-13-18-26-73)111-99(113)81-59-87(127-77-41-33-69(34-42-77)49-53-123-105(119)65(3)4)93-95-89(129-79-45-37-71(38-46-79)51-55-125-107(121)67(7)8)61-83-92-84(102(116)112(101(83)115)86(58-74-27-19-14-20-28-74)104(118)110(12-2)64-76-31-23-16-24-32-76)62-90(130-80-47-39-72(40-48-80)52-56-126-108(122)68(9)10)96(98(92)95)94-88(60-82(100(111)114)91(81)97(93)94)128-78-43-35-70(36-44-78)50-54-124-106(120)66(5)6/h13-48,59-62,85-86H,3,5,7,9,11-12,49-58,63-64H2,1-2,4,6,8,10H3. The number of imide groups is 2. The topological polar surface area (TPSA) is 258 Å². The molecule has 2 unspecified atom stereocenters. The fourth-order valence-electron chi connectivity index (χ4n) is 16.3. The second-order valence-electron chi connectivity index (χ2n) is 32.4. The molecule has 0 radical (unpaired) electrons. The molecule has 6 amide bonds. The quantitative estimate of drug-likeness (QED) is 0.00870. The van der Waals surface area contributed by atoms with Crippen LogP contribution in [0.2, 0.25) is 0 Å². The van der Waals surface area contributed by atoms with Crippen molar-refractivity contribution < 1.29 is 85.8 Å². The molecule has 2 atom stereocenters. The van der Waals surface area contributed by atoms with Gasteiger partial charge in [0.1, 0.15) is 58.1 Å². The number of carbonyl (C=O) groups is 10. The monoisotopic (exact) mass is 1740 g/mol. The third-order valence-corrected chi connectivity index (χ3v) is 23.0. The van der Waals surface area contributed by atoms with Crippen LogP contribution in [-0.4, -0.2) is 131 Å². The number of rotatable bonds is 38. The molecular formula is C108H96N4O18. The highest BCUT2D eigenvalue weighted by Gasteiger charge is 2.48. The first-order chi connectivity index (χ1) is 62.8. The van der Waals surface area contributed by atoms with E-state index in [9.17, 15) is 19.2 Å². The lowest BCUT2D eigenvalue weighted by atomic mass is 9.80. The molecule has 13 aromatic carbocycles. The Hall–Kier alpha value is -15.6. The number of esters is 4. The van der Waals surface area contributed by atoms with E-state index in [-0.39, 0.29) is 225 Å². The van der Waals surface area contributed by atoms with E-state index in [4.69, 9.17) is 37.9 Å². The Bertz CT molecular complexity index is 5930. The fraction of sp³-hybridized carbons (Fsp3) is 0.204. The van der Waals surface area contributed by atoms with Crippen LogP contribution in [0.25, 0.3) is 43.1 Å². The average molecular weight is 1740 g/mol. The minimum Gasteiger partial charge on any atom is -0.462 e. The van der Waals surface area contributed by atoms with Gasteiger partial charge in [-0.05, 0) is 159 Å². The summed E-state index contributed by atoms with van der Waals surface area (Å²) in [5.41, 5.74) is 6.32. The summed E-state index contributed by atoms with van der Waals surface area (Å²) in [6, 6.07) is 68.0. The summed E-state index contributed by atoms with van der Waals surface area (Å²) in [6.07, 6.45) is 0.873. The van der Waals surface area contributed by atoms with E-state index in [0.29, 0.717) is 11.1 Å². The van der Waals surface area contributed by atoms with Gasteiger partial charge in [-0.1, -0.05) is 196 Å². The SMILES string of the molecule is C=C(C)C(=O)OCCc1ccc(Oc2cc3c4c(cc(Oc5ccc(CCOC(=O)C(=C)C)cc5)c5c6c(Oc7ccc(CCOC(=O)C(=C)C)cc7)cc7c8c(cc(Oc9ccc(CCOC(=O)C(=C)C)cc9)c(c2c45)c86)C(=O)N(C(Cc2ccccc2)C(=O)N(CC)Cc2ccccc2)C7=O)C(=O)N(C(Cc2ccccc2)C(=O)N(CC)Cc2ccccc2)C3=O)cc1. The highest BCUT2D eigenvalue weighted by Crippen LogP contribution is 2.58. The Labute approximate surface area is 752 Å². The fourth-order valence-corrected chi connectivity index (χ4v) is 16.3. The summed E-state index contributed by atoms with van der Waals surface area (Å²) < 4.78 is 51.8. The zero-order valence-corrected chi connectivity index (χ0v) is 73.1. The first-order valence-corrected chi connectivity index (χ1v) is 43.1. The predicted molar refractivity (Wildman–Crippen MR) is 496 cm³/mol. The molecule has 2 heterocycles. The van der Waals surface area contributed by atoms with Crippen LogP contribution in [0.1, 0.15) is 127 Å². The molecule has 0 spiro atoms. The van der Waals surface area contributed by atoms with Gasteiger partial charge in [-0.2, -0.15) is 0 Å². The Balaban J connectivity index is 1.05. The first-order valence-electron chi connectivity index (χ1n) is 43.1. The molecule has 13 aromatic rings. The molecule has 0 aliphatic carbocycles. The van der Waals surface area contributed by atoms with E-state index in [1.165, 1.54) is 24.3 Å². The molecule has 22 nitrogen and oxygen atoms in total. The van der Waals surface area contributed by atoms with Crippen LogP contribution in [0.5, 0.6) is 46.0 Å². The summed E-state index contributed by atoms with van der Waals surface area (Å²) >= 11 is 0. The van der Waals surface area contributed by atoms with E-state index in [1.54, 1.807) is 135 Å². The predicted octanol–water partition coefficient (Wildman–Crippen LogP) is 20.1. The number of hydrogen-bond acceptors (Lipinski definition) is 18. The lowest BCUT2D eigenvalue weighted by Gasteiger charge is -2.37. The van der Waals surface area contributed by atoms with Crippen LogP contribution in [0, 0.1) is 0 Å². The van der Waals surface area contributed by atoms with Gasteiger partial charge >= 0.3 is 23.9 Å². The number of hydrogen-bond donors (Lipinski definition) is 0. The second kappa shape index (κ2) is 39.5. The maximum atomic E-state index is 17.1. The molecule has 130 heavy (non-hydrogen) atoms. The Kier molecular flexibility index (Phi) is 27.1. The summed E-state index contributed by atoms with van der Waals surface area (Å²) in [7, 11) is 0. The summed E-state index contributed by atoms with van der Waals surface area (Å²) in [5.74, 6) is -6.22. The van der Waals surface area contributed by atoms with Crippen LogP contribution in [-0.2, 0) is 99.3 Å². The van der Waals surface area contributed by atoms with Gasteiger partial charge in [0.15, 0.2) is 0 Å². The Morgan fingerprint density at radius 3 is 0.731 bits per heavy atom. The van der Waals surface area contributed by atoms with Crippen molar-refractivity contribution in [2.24, 2.45) is 0 Å². The van der Waals surface area contributed by atoms with Crippen molar-refractivity contribution in [3.05, 3.63) is 358 Å². The smallest absolute Gasteiger partial charge is 0.333 e.